The summed E-state index contributed by atoms with van der Waals surface area (Å²) in [6, 6.07) is 0.681. The maximum absolute atomic E-state index is 12.9. The van der Waals surface area contributed by atoms with E-state index in [1.165, 1.54) is 51.6 Å². The lowest BCUT2D eigenvalue weighted by Gasteiger charge is -2.49. The van der Waals surface area contributed by atoms with Crippen LogP contribution >= 0.6 is 34.9 Å². The van der Waals surface area contributed by atoms with Crippen LogP contribution in [-0.2, 0) is 26.3 Å². The number of nitrogens with one attached hydrogen (secondary N) is 1. The summed E-state index contributed by atoms with van der Waals surface area (Å²) in [4.78, 5) is 43.7. The fraction of sp³-hybridized carbons (Fsp3) is 0.353. The first kappa shape index (κ1) is 23.1. The van der Waals surface area contributed by atoms with Gasteiger partial charge in [0.25, 0.3) is 11.8 Å². The summed E-state index contributed by atoms with van der Waals surface area (Å²) >= 11 is 3.88. The molecule has 0 aliphatic carbocycles. The zero-order valence-electron chi connectivity index (χ0n) is 17.3. The van der Waals surface area contributed by atoms with Gasteiger partial charge in [-0.3, -0.25) is 14.5 Å². The van der Waals surface area contributed by atoms with Crippen LogP contribution in [0, 0.1) is 0 Å². The van der Waals surface area contributed by atoms with E-state index in [1.807, 2.05) is 0 Å². The van der Waals surface area contributed by atoms with Crippen LogP contribution in [0.25, 0.3) is 0 Å². The molecule has 0 radical (unpaired) electrons. The quantitative estimate of drug-likeness (QED) is 0.184. The van der Waals surface area contributed by atoms with Crippen molar-refractivity contribution in [3.8, 4) is 0 Å². The molecule has 4 heterocycles. The zero-order valence-corrected chi connectivity index (χ0v) is 19.7. The SMILES string of the molecule is CO/N=C(\C(=O)N[C@H]1C(=O)N2C(C(=O)O)=C(CSc3nnnn3C)CS[C@H]12)c1csc(N)c1. The van der Waals surface area contributed by atoms with Crippen LogP contribution < -0.4 is 11.1 Å². The number of nitrogen functional groups attached to an aromatic ring is 1. The number of hydrogen-bond donors (Lipinski definition) is 3. The van der Waals surface area contributed by atoms with Crippen molar-refractivity contribution in [2.45, 2.75) is 16.6 Å². The number of carbonyl (C=O) groups excluding carboxylic acids is 2. The van der Waals surface area contributed by atoms with E-state index in [2.05, 4.69) is 26.0 Å². The molecule has 13 nitrogen and oxygen atoms in total. The zero-order chi connectivity index (χ0) is 23.7. The minimum atomic E-state index is -1.21. The van der Waals surface area contributed by atoms with Gasteiger partial charge in [0, 0.05) is 29.5 Å². The molecule has 0 spiro atoms. The monoisotopic (exact) mass is 510 g/mol. The average molecular weight is 511 g/mol. The van der Waals surface area contributed by atoms with Crippen LogP contribution in [0.5, 0.6) is 0 Å². The minimum Gasteiger partial charge on any atom is -0.477 e. The number of rotatable bonds is 8. The largest absolute Gasteiger partial charge is 0.477 e. The lowest BCUT2D eigenvalue weighted by molar-refractivity contribution is -0.150. The van der Waals surface area contributed by atoms with Gasteiger partial charge in [-0.2, -0.15) is 0 Å². The number of nitrogens with zero attached hydrogens (tertiary/aromatic N) is 6. The lowest BCUT2D eigenvalue weighted by atomic mass is 10.0. The molecular formula is C17H18N8O5S3. The first-order chi connectivity index (χ1) is 15.8. The van der Waals surface area contributed by atoms with Crippen LogP contribution in [0.1, 0.15) is 5.56 Å². The Morgan fingerprint density at radius 2 is 2.27 bits per heavy atom. The van der Waals surface area contributed by atoms with Crippen molar-refractivity contribution in [3.63, 3.8) is 0 Å². The Kier molecular flexibility index (Phi) is 6.57. The Labute approximate surface area is 199 Å². The molecule has 2 amide bonds. The van der Waals surface area contributed by atoms with Crippen LogP contribution in [0.3, 0.4) is 0 Å². The Hall–Kier alpha value is -3.11. The second kappa shape index (κ2) is 9.40. The van der Waals surface area contributed by atoms with Crippen LogP contribution in [-0.4, -0.2) is 83.7 Å². The molecule has 2 atom stereocenters. The summed E-state index contributed by atoms with van der Waals surface area (Å²) in [5, 5.41) is 29.5. The molecule has 0 bridgehead atoms. The number of carboxylic acid groups (broad SMARTS) is 1. The second-order valence-electron chi connectivity index (χ2n) is 6.85. The molecule has 0 unspecified atom stereocenters. The standard InChI is InChI=1S/C17H18N8O5S3/c1-24-17(20-22-23-24)33-6-8-5-32-15-11(14(27)25(15)12(8)16(28)29)19-13(26)10(21-30-2)7-3-9(18)31-4-7/h3-4,11,15H,5-6,18H2,1-2H3,(H,19,26)(H,28,29)/b21-10-/t11-,15+/m0/s1. The number of nitrogens with two attached hydrogens (primary N) is 1. The third kappa shape index (κ3) is 4.40. The first-order valence-electron chi connectivity index (χ1n) is 9.33. The van der Waals surface area contributed by atoms with Crippen molar-refractivity contribution in [2.75, 3.05) is 24.3 Å². The van der Waals surface area contributed by atoms with E-state index in [-0.39, 0.29) is 11.4 Å². The number of anilines is 1. The number of fused-ring (bicyclic) bond motifs is 1. The van der Waals surface area contributed by atoms with Gasteiger partial charge in [0.05, 0.1) is 5.00 Å². The number of hydrogen-bond acceptors (Lipinski definition) is 12. The van der Waals surface area contributed by atoms with E-state index in [4.69, 9.17) is 10.6 Å². The van der Waals surface area contributed by atoms with Crippen molar-refractivity contribution in [1.82, 2.24) is 30.4 Å². The minimum absolute atomic E-state index is 0.0270. The van der Waals surface area contributed by atoms with E-state index >= 15 is 0 Å². The predicted molar refractivity (Wildman–Crippen MR) is 121 cm³/mol. The Morgan fingerprint density at radius 3 is 2.88 bits per heavy atom. The van der Waals surface area contributed by atoms with E-state index in [9.17, 15) is 19.5 Å². The normalized spacial score (nSPS) is 20.4. The third-order valence-corrected chi connectivity index (χ3v) is 7.98. The third-order valence-electron chi connectivity index (χ3n) is 4.78. The number of carboxylic acids is 1. The molecule has 2 aromatic rings. The summed E-state index contributed by atoms with van der Waals surface area (Å²) in [6.45, 7) is 0. The van der Waals surface area contributed by atoms with Gasteiger partial charge in [-0.1, -0.05) is 16.9 Å². The Balaban J connectivity index is 1.49. The van der Waals surface area contributed by atoms with Crippen molar-refractivity contribution >= 4 is 63.4 Å². The van der Waals surface area contributed by atoms with Gasteiger partial charge < -0.3 is 21.0 Å². The molecular weight excluding hydrogens is 492 g/mol. The van der Waals surface area contributed by atoms with E-state index in [1.54, 1.807) is 18.5 Å². The second-order valence-corrected chi connectivity index (χ2v) is 9.84. The average Bonchev–Trinajstić information content (AvgIpc) is 3.40. The van der Waals surface area contributed by atoms with E-state index in [0.717, 1.165) is 0 Å². The van der Waals surface area contributed by atoms with Gasteiger partial charge in [-0.25, -0.2) is 9.48 Å². The smallest absolute Gasteiger partial charge is 0.352 e. The molecule has 1 fully saturated rings. The van der Waals surface area contributed by atoms with Crippen LogP contribution in [0.2, 0.25) is 0 Å². The number of carbonyl (C=O) groups is 3. The number of aryl methyl sites for hydroxylation is 1. The van der Waals surface area contributed by atoms with Crippen molar-refractivity contribution in [3.05, 3.63) is 28.3 Å². The fourth-order valence-corrected chi connectivity index (χ4v) is 6.27. The highest BCUT2D eigenvalue weighted by Crippen LogP contribution is 2.41. The number of aromatic nitrogens is 4. The highest BCUT2D eigenvalue weighted by atomic mass is 32.2. The number of amides is 2. The predicted octanol–water partition coefficient (Wildman–Crippen LogP) is -0.265. The molecule has 0 aromatic carbocycles. The molecule has 2 aliphatic rings. The van der Waals surface area contributed by atoms with Gasteiger partial charge in [-0.15, -0.1) is 28.2 Å². The molecule has 1 saturated heterocycles. The molecule has 33 heavy (non-hydrogen) atoms. The van der Waals surface area contributed by atoms with Crippen LogP contribution in [0.15, 0.2) is 33.0 Å². The van der Waals surface area contributed by atoms with Crippen molar-refractivity contribution < 1.29 is 24.3 Å². The lowest BCUT2D eigenvalue weighted by Crippen LogP contribution is -2.71. The number of tetrazole rings is 1. The summed E-state index contributed by atoms with van der Waals surface area (Å²) < 4.78 is 1.48. The molecule has 174 valence electrons. The number of thiophene rings is 1. The van der Waals surface area contributed by atoms with Gasteiger partial charge in [-0.05, 0) is 22.1 Å². The van der Waals surface area contributed by atoms with E-state index < -0.39 is 29.2 Å². The van der Waals surface area contributed by atoms with Crippen molar-refractivity contribution in [2.24, 2.45) is 12.2 Å². The first-order valence-corrected chi connectivity index (χ1v) is 12.2. The molecule has 4 N–H and O–H groups in total. The molecule has 2 aromatic heterocycles. The van der Waals surface area contributed by atoms with E-state index in [0.29, 0.717) is 32.8 Å². The van der Waals surface area contributed by atoms with Gasteiger partial charge in [0.1, 0.15) is 24.2 Å². The molecule has 16 heteroatoms. The number of oxime groups is 1. The summed E-state index contributed by atoms with van der Waals surface area (Å²) in [6.07, 6.45) is 0. The van der Waals surface area contributed by atoms with Gasteiger partial charge in [0.15, 0.2) is 5.71 Å². The topological polar surface area (TPSA) is 178 Å². The Bertz CT molecular complexity index is 1180. The number of β-lactam (4-membered cyclic amide) rings is 1. The van der Waals surface area contributed by atoms with Gasteiger partial charge in [0.2, 0.25) is 5.16 Å². The Morgan fingerprint density at radius 1 is 1.48 bits per heavy atom. The number of thioether (sulfide) groups is 2. The molecule has 2 aliphatic heterocycles. The maximum Gasteiger partial charge on any atom is 0.352 e. The van der Waals surface area contributed by atoms with Crippen LogP contribution in [0.4, 0.5) is 5.00 Å². The molecule has 0 saturated carbocycles. The van der Waals surface area contributed by atoms with Crippen molar-refractivity contribution in [1.29, 1.82) is 0 Å². The summed E-state index contributed by atoms with van der Waals surface area (Å²) in [5.41, 5.74) is 6.66. The molecule has 4 rings (SSSR count). The number of aliphatic carboxylic acids is 1. The maximum atomic E-state index is 12.9. The summed E-state index contributed by atoms with van der Waals surface area (Å²) in [7, 11) is 2.98. The van der Waals surface area contributed by atoms with Gasteiger partial charge >= 0.3 is 5.97 Å². The highest BCUT2D eigenvalue weighted by molar-refractivity contribution is 8.01. The fourth-order valence-electron chi connectivity index (χ4n) is 3.29. The summed E-state index contributed by atoms with van der Waals surface area (Å²) in [5.74, 6) is -1.66. The highest BCUT2D eigenvalue weighted by Gasteiger charge is 2.54.